The van der Waals surface area contributed by atoms with Crippen LogP contribution in [0.2, 0.25) is 0 Å². The van der Waals surface area contributed by atoms with E-state index in [0.29, 0.717) is 0 Å². The number of fused-ring (bicyclic) bond motifs is 1. The van der Waals surface area contributed by atoms with E-state index in [1.807, 2.05) is 0 Å². The van der Waals surface area contributed by atoms with E-state index in [1.165, 1.54) is 6.07 Å². The van der Waals surface area contributed by atoms with Gasteiger partial charge in [-0.3, -0.25) is 9.59 Å². The molecule has 0 atom stereocenters. The minimum atomic E-state index is -4.51. The fourth-order valence-electron chi connectivity index (χ4n) is 2.25. The van der Waals surface area contributed by atoms with Crippen LogP contribution in [-0.2, 0) is 6.18 Å². The van der Waals surface area contributed by atoms with Crippen molar-refractivity contribution in [2.75, 3.05) is 4.90 Å². The minimum absolute atomic E-state index is 0.000363. The molecule has 2 aromatic rings. The van der Waals surface area contributed by atoms with E-state index in [9.17, 15) is 27.2 Å². The Morgan fingerprint density at radius 1 is 0.818 bits per heavy atom. The first-order chi connectivity index (χ1) is 10.3. The number of hydrogen-bond donors (Lipinski definition) is 0. The summed E-state index contributed by atoms with van der Waals surface area (Å²) in [6.07, 6.45) is -4.51. The van der Waals surface area contributed by atoms with E-state index in [-0.39, 0.29) is 16.8 Å². The Kier molecular flexibility index (Phi) is 3.01. The van der Waals surface area contributed by atoms with Crippen molar-refractivity contribution in [1.82, 2.24) is 0 Å². The van der Waals surface area contributed by atoms with E-state index in [4.69, 9.17) is 0 Å². The van der Waals surface area contributed by atoms with Crippen LogP contribution in [0.3, 0.4) is 0 Å². The normalized spacial score (nSPS) is 14.5. The summed E-state index contributed by atoms with van der Waals surface area (Å²) in [6, 6.07) is 6.76. The lowest BCUT2D eigenvalue weighted by molar-refractivity contribution is -0.137. The predicted molar refractivity (Wildman–Crippen MR) is 69.0 cm³/mol. The molecule has 3 nitrogen and oxygen atoms in total. The first-order valence-corrected chi connectivity index (χ1v) is 6.14. The van der Waals surface area contributed by atoms with Crippen molar-refractivity contribution in [3.8, 4) is 0 Å². The fraction of sp³-hybridized carbons (Fsp3) is 0.0667. The maximum Gasteiger partial charge on any atom is 0.416 e. The lowest BCUT2D eigenvalue weighted by atomic mass is 10.1. The van der Waals surface area contributed by atoms with Gasteiger partial charge in [0.25, 0.3) is 11.8 Å². The minimum Gasteiger partial charge on any atom is -0.268 e. The van der Waals surface area contributed by atoms with Crippen LogP contribution in [0, 0.1) is 5.82 Å². The molecule has 0 aliphatic carbocycles. The monoisotopic (exact) mass is 309 g/mol. The van der Waals surface area contributed by atoms with Crippen LogP contribution in [0.5, 0.6) is 0 Å². The lowest BCUT2D eigenvalue weighted by Crippen LogP contribution is -2.29. The highest BCUT2D eigenvalue weighted by atomic mass is 19.4. The third kappa shape index (κ3) is 2.14. The number of alkyl halides is 3. The third-order valence-corrected chi connectivity index (χ3v) is 3.30. The third-order valence-electron chi connectivity index (χ3n) is 3.30. The smallest absolute Gasteiger partial charge is 0.268 e. The molecule has 112 valence electrons. The van der Waals surface area contributed by atoms with Gasteiger partial charge in [-0.05, 0) is 42.5 Å². The number of rotatable bonds is 1. The van der Waals surface area contributed by atoms with Gasteiger partial charge < -0.3 is 0 Å². The molecular weight excluding hydrogens is 302 g/mol. The summed E-state index contributed by atoms with van der Waals surface area (Å²) in [6.45, 7) is 0. The number of carbonyl (C=O) groups is 2. The summed E-state index contributed by atoms with van der Waals surface area (Å²) in [7, 11) is 0. The topological polar surface area (TPSA) is 37.4 Å². The Balaban J connectivity index is 2.00. The van der Waals surface area contributed by atoms with Gasteiger partial charge in [-0.25, -0.2) is 9.29 Å². The summed E-state index contributed by atoms with van der Waals surface area (Å²) in [5.74, 6) is -2.13. The molecule has 0 aromatic heterocycles. The van der Waals surface area contributed by atoms with Crippen molar-refractivity contribution in [1.29, 1.82) is 0 Å². The van der Waals surface area contributed by atoms with Crippen LogP contribution in [0.1, 0.15) is 26.3 Å². The van der Waals surface area contributed by atoms with E-state index >= 15 is 0 Å². The van der Waals surface area contributed by atoms with Crippen molar-refractivity contribution >= 4 is 17.5 Å². The molecule has 22 heavy (non-hydrogen) atoms. The SMILES string of the molecule is O=C1c2ccc(F)cc2C(=O)N1c1ccc(C(F)(F)F)cc1. The van der Waals surface area contributed by atoms with Crippen molar-refractivity contribution in [2.45, 2.75) is 6.18 Å². The van der Waals surface area contributed by atoms with Crippen molar-refractivity contribution in [3.05, 3.63) is 65.0 Å². The average Bonchev–Trinajstić information content (AvgIpc) is 2.70. The van der Waals surface area contributed by atoms with Crippen LogP contribution in [0.4, 0.5) is 23.2 Å². The molecule has 0 saturated heterocycles. The predicted octanol–water partition coefficient (Wildman–Crippen LogP) is 3.65. The van der Waals surface area contributed by atoms with Crippen LogP contribution < -0.4 is 4.90 Å². The van der Waals surface area contributed by atoms with E-state index in [1.54, 1.807) is 0 Å². The number of nitrogens with zero attached hydrogens (tertiary/aromatic N) is 1. The first kappa shape index (κ1) is 14.2. The van der Waals surface area contributed by atoms with Gasteiger partial charge in [-0.2, -0.15) is 13.2 Å². The maximum atomic E-state index is 13.2. The molecule has 0 bridgehead atoms. The van der Waals surface area contributed by atoms with Gasteiger partial charge >= 0.3 is 6.18 Å². The van der Waals surface area contributed by atoms with Gasteiger partial charge in [0.05, 0.1) is 22.4 Å². The zero-order valence-electron chi connectivity index (χ0n) is 10.8. The van der Waals surface area contributed by atoms with Crippen LogP contribution >= 0.6 is 0 Å². The molecule has 1 aliphatic rings. The summed E-state index contributed by atoms with van der Waals surface area (Å²) in [4.78, 5) is 25.0. The number of anilines is 1. The number of halogens is 4. The average molecular weight is 309 g/mol. The molecule has 0 fully saturated rings. The molecule has 0 unspecified atom stereocenters. The Labute approximate surface area is 121 Å². The van der Waals surface area contributed by atoms with Crippen LogP contribution in [0.15, 0.2) is 42.5 Å². The molecule has 2 aromatic carbocycles. The first-order valence-electron chi connectivity index (χ1n) is 6.14. The largest absolute Gasteiger partial charge is 0.416 e. The van der Waals surface area contributed by atoms with Gasteiger partial charge in [-0.15, -0.1) is 0 Å². The number of hydrogen-bond acceptors (Lipinski definition) is 2. The molecule has 3 rings (SSSR count). The summed E-state index contributed by atoms with van der Waals surface area (Å²) >= 11 is 0. The Morgan fingerprint density at radius 2 is 1.41 bits per heavy atom. The zero-order valence-corrected chi connectivity index (χ0v) is 10.8. The highest BCUT2D eigenvalue weighted by molar-refractivity contribution is 6.34. The van der Waals surface area contributed by atoms with Gasteiger partial charge in [0.1, 0.15) is 5.82 Å². The molecular formula is C15H7F4NO2. The summed E-state index contributed by atoms with van der Waals surface area (Å²) in [5.41, 5.74) is -0.977. The van der Waals surface area contributed by atoms with Crippen molar-refractivity contribution in [3.63, 3.8) is 0 Å². The van der Waals surface area contributed by atoms with Crippen molar-refractivity contribution < 1.29 is 27.2 Å². The fourth-order valence-corrected chi connectivity index (χ4v) is 2.25. The van der Waals surface area contributed by atoms with Crippen LogP contribution in [-0.4, -0.2) is 11.8 Å². The zero-order chi connectivity index (χ0) is 16.1. The Hall–Kier alpha value is -2.70. The maximum absolute atomic E-state index is 13.2. The van der Waals surface area contributed by atoms with E-state index in [0.717, 1.165) is 41.3 Å². The van der Waals surface area contributed by atoms with Gasteiger partial charge in [0.2, 0.25) is 0 Å². The lowest BCUT2D eigenvalue weighted by Gasteiger charge is -2.15. The Morgan fingerprint density at radius 3 is 2.00 bits per heavy atom. The second kappa shape index (κ2) is 4.66. The molecule has 2 amide bonds. The number of imide groups is 1. The quantitative estimate of drug-likeness (QED) is 0.596. The molecule has 0 spiro atoms. The van der Waals surface area contributed by atoms with Gasteiger partial charge in [-0.1, -0.05) is 0 Å². The molecule has 0 saturated carbocycles. The molecule has 1 heterocycles. The summed E-state index contributed by atoms with van der Waals surface area (Å²) < 4.78 is 50.7. The van der Waals surface area contributed by atoms with Crippen LogP contribution in [0.25, 0.3) is 0 Å². The molecule has 0 N–H and O–H groups in total. The van der Waals surface area contributed by atoms with Gasteiger partial charge in [0, 0.05) is 0 Å². The van der Waals surface area contributed by atoms with Crippen molar-refractivity contribution in [2.24, 2.45) is 0 Å². The standard InChI is InChI=1S/C15H7F4NO2/c16-9-3-6-11-12(7-9)14(22)20(13(11)21)10-4-1-8(2-5-10)15(17,18)19/h1-7H. The molecule has 0 radical (unpaired) electrons. The Bertz CT molecular complexity index is 781. The molecule has 1 aliphatic heterocycles. The number of amides is 2. The van der Waals surface area contributed by atoms with Gasteiger partial charge in [0.15, 0.2) is 0 Å². The summed E-state index contributed by atoms with van der Waals surface area (Å²) in [5, 5.41) is 0. The highest BCUT2D eigenvalue weighted by Gasteiger charge is 2.37. The molecule has 7 heteroatoms. The number of benzene rings is 2. The second-order valence-electron chi connectivity index (χ2n) is 4.68. The van der Waals surface area contributed by atoms with E-state index in [2.05, 4.69) is 0 Å². The highest BCUT2D eigenvalue weighted by Crippen LogP contribution is 2.33. The second-order valence-corrected chi connectivity index (χ2v) is 4.68. The van der Waals surface area contributed by atoms with E-state index < -0.39 is 29.4 Å². The number of carbonyl (C=O) groups excluding carboxylic acids is 2.